The van der Waals surface area contributed by atoms with E-state index >= 15 is 0 Å². The minimum absolute atomic E-state index is 0.234. The first-order valence-electron chi connectivity index (χ1n) is 16.0. The van der Waals surface area contributed by atoms with Gasteiger partial charge < -0.3 is 52.1 Å². The van der Waals surface area contributed by atoms with Crippen LogP contribution in [-0.2, 0) is 56.9 Å². The number of rotatable bonds is 36. The molecule has 0 bridgehead atoms. The zero-order valence-corrected chi connectivity index (χ0v) is 28.4. The predicted molar refractivity (Wildman–Crippen MR) is 168 cm³/mol. The van der Waals surface area contributed by atoms with Crippen molar-refractivity contribution in [3.05, 3.63) is 0 Å². The van der Waals surface area contributed by atoms with Gasteiger partial charge in [-0.2, -0.15) is 0 Å². The Balaban J connectivity index is 3.09. The topological polar surface area (TPSA) is 119 Å². The molecular formula is C31H61ClO12. The Labute approximate surface area is 270 Å². The lowest BCUT2D eigenvalue weighted by molar-refractivity contribution is -0.156. The van der Waals surface area contributed by atoms with E-state index in [9.17, 15) is 4.79 Å². The number of carbonyl (C=O) groups excluding carboxylic acids is 1. The minimum atomic E-state index is -0.471. The quantitative estimate of drug-likeness (QED) is 0.0554. The van der Waals surface area contributed by atoms with Crippen molar-refractivity contribution in [2.45, 2.75) is 58.5 Å². The highest BCUT2D eigenvalue weighted by molar-refractivity contribution is 6.17. The second-order valence-corrected chi connectivity index (χ2v) is 10.9. The molecule has 0 rings (SSSR count). The standard InChI is InChI=1S/C31H61ClO12/c1-31(2,3)44-30(33)8-11-35-13-15-37-17-19-39-21-23-41-25-27-43-29-28-42-26-24-40-22-20-38-18-16-36-14-12-34-10-7-5-4-6-9-32/h4-29H2,1-3H3. The molecule has 13 heteroatoms. The van der Waals surface area contributed by atoms with E-state index < -0.39 is 5.60 Å². The van der Waals surface area contributed by atoms with Gasteiger partial charge in [0, 0.05) is 12.5 Å². The van der Waals surface area contributed by atoms with Crippen LogP contribution in [0.5, 0.6) is 0 Å². The molecule has 0 radical (unpaired) electrons. The van der Waals surface area contributed by atoms with Crippen LogP contribution in [-0.4, -0.2) is 150 Å². The maximum absolute atomic E-state index is 11.6. The number of halogens is 1. The molecule has 0 amide bonds. The van der Waals surface area contributed by atoms with Crippen LogP contribution in [0.2, 0.25) is 0 Å². The van der Waals surface area contributed by atoms with Crippen LogP contribution in [0.25, 0.3) is 0 Å². The van der Waals surface area contributed by atoms with Crippen LogP contribution in [0.3, 0.4) is 0 Å². The number of hydrogen-bond acceptors (Lipinski definition) is 12. The van der Waals surface area contributed by atoms with Crippen LogP contribution >= 0.6 is 11.6 Å². The SMILES string of the molecule is CC(C)(C)OC(=O)CCOCCOCCOCCOCCOCCOCCOCCOCCOCCOCCCCCCCl. The Bertz CT molecular complexity index is 580. The van der Waals surface area contributed by atoms with E-state index in [0.29, 0.717) is 126 Å². The zero-order valence-electron chi connectivity index (χ0n) is 27.7. The van der Waals surface area contributed by atoms with Crippen molar-refractivity contribution < 1.29 is 56.9 Å². The van der Waals surface area contributed by atoms with Crippen molar-refractivity contribution in [1.82, 2.24) is 0 Å². The molecule has 0 fully saturated rings. The maximum Gasteiger partial charge on any atom is 0.308 e. The first-order chi connectivity index (χ1) is 21.5. The Hall–Kier alpha value is -0.640. The van der Waals surface area contributed by atoms with Crippen LogP contribution in [0.1, 0.15) is 52.9 Å². The van der Waals surface area contributed by atoms with Crippen LogP contribution in [0.4, 0.5) is 0 Å². The van der Waals surface area contributed by atoms with Gasteiger partial charge in [0.15, 0.2) is 0 Å². The summed E-state index contributed by atoms with van der Waals surface area (Å²) in [5.41, 5.74) is -0.471. The third kappa shape index (κ3) is 39.4. The zero-order chi connectivity index (χ0) is 32.2. The maximum atomic E-state index is 11.6. The number of ether oxygens (including phenoxy) is 11. The van der Waals surface area contributed by atoms with Gasteiger partial charge in [-0.1, -0.05) is 12.8 Å². The van der Waals surface area contributed by atoms with Crippen molar-refractivity contribution in [2.24, 2.45) is 0 Å². The van der Waals surface area contributed by atoms with Gasteiger partial charge in [0.1, 0.15) is 5.60 Å². The molecule has 0 heterocycles. The molecule has 0 spiro atoms. The molecule has 0 atom stereocenters. The van der Waals surface area contributed by atoms with Gasteiger partial charge in [0.05, 0.1) is 132 Å². The second kappa shape index (κ2) is 35.2. The fraction of sp³-hybridized carbons (Fsp3) is 0.968. The summed E-state index contributed by atoms with van der Waals surface area (Å²) in [5.74, 6) is 0.479. The molecule has 0 N–H and O–H groups in total. The summed E-state index contributed by atoms with van der Waals surface area (Å²) in [5, 5.41) is 0. The van der Waals surface area contributed by atoms with Gasteiger partial charge in [-0.25, -0.2) is 0 Å². The fourth-order valence-electron chi connectivity index (χ4n) is 3.28. The van der Waals surface area contributed by atoms with Crippen molar-refractivity contribution >= 4 is 17.6 Å². The average Bonchev–Trinajstić information content (AvgIpc) is 2.98. The molecule has 0 saturated carbocycles. The summed E-state index contributed by atoms with van der Waals surface area (Å²) in [6.45, 7) is 15.8. The van der Waals surface area contributed by atoms with Gasteiger partial charge >= 0.3 is 5.97 Å². The molecule has 44 heavy (non-hydrogen) atoms. The molecule has 0 unspecified atom stereocenters. The van der Waals surface area contributed by atoms with E-state index in [2.05, 4.69) is 0 Å². The predicted octanol–water partition coefficient (Wildman–Crippen LogP) is 3.68. The van der Waals surface area contributed by atoms with Crippen molar-refractivity contribution in [3.63, 3.8) is 0 Å². The number of carbonyl (C=O) groups is 1. The van der Waals surface area contributed by atoms with Crippen molar-refractivity contribution in [1.29, 1.82) is 0 Å². The largest absolute Gasteiger partial charge is 0.460 e. The first-order valence-corrected chi connectivity index (χ1v) is 16.5. The lowest BCUT2D eigenvalue weighted by Crippen LogP contribution is -2.24. The van der Waals surface area contributed by atoms with Crippen molar-refractivity contribution in [2.75, 3.05) is 138 Å². The molecule has 0 aliphatic rings. The van der Waals surface area contributed by atoms with E-state index in [1.165, 1.54) is 12.8 Å². The lowest BCUT2D eigenvalue weighted by atomic mass is 10.2. The normalized spacial score (nSPS) is 11.8. The molecular weight excluding hydrogens is 600 g/mol. The van der Waals surface area contributed by atoms with E-state index in [-0.39, 0.29) is 12.4 Å². The first kappa shape index (κ1) is 43.4. The third-order valence-corrected chi connectivity index (χ3v) is 5.66. The smallest absolute Gasteiger partial charge is 0.308 e. The van der Waals surface area contributed by atoms with Gasteiger partial charge in [-0.3, -0.25) is 4.79 Å². The summed E-state index contributed by atoms with van der Waals surface area (Å²) >= 11 is 5.65. The Kier molecular flexibility index (Phi) is 34.7. The Morgan fingerprint density at radius 3 is 0.977 bits per heavy atom. The lowest BCUT2D eigenvalue weighted by Gasteiger charge is -2.19. The molecule has 0 aromatic rings. The molecule has 264 valence electrons. The summed E-state index contributed by atoms with van der Waals surface area (Å²) in [6.07, 6.45) is 4.72. The second-order valence-electron chi connectivity index (χ2n) is 10.6. The van der Waals surface area contributed by atoms with Crippen molar-refractivity contribution in [3.8, 4) is 0 Å². The average molecular weight is 661 g/mol. The highest BCUT2D eigenvalue weighted by Gasteiger charge is 2.15. The molecule has 0 saturated heterocycles. The summed E-state index contributed by atoms with van der Waals surface area (Å²) in [6, 6.07) is 0. The molecule has 0 aliphatic carbocycles. The van der Waals surface area contributed by atoms with Gasteiger partial charge in [-0.05, 0) is 33.6 Å². The number of alkyl halides is 1. The van der Waals surface area contributed by atoms with E-state index in [4.69, 9.17) is 63.7 Å². The highest BCUT2D eigenvalue weighted by atomic mass is 35.5. The molecule has 0 aromatic carbocycles. The molecule has 0 aliphatic heterocycles. The monoisotopic (exact) mass is 660 g/mol. The number of esters is 1. The minimum Gasteiger partial charge on any atom is -0.460 e. The number of unbranched alkanes of at least 4 members (excludes halogenated alkanes) is 3. The van der Waals surface area contributed by atoms with Crippen LogP contribution < -0.4 is 0 Å². The highest BCUT2D eigenvalue weighted by Crippen LogP contribution is 2.08. The van der Waals surface area contributed by atoms with Crippen LogP contribution in [0.15, 0.2) is 0 Å². The van der Waals surface area contributed by atoms with Gasteiger partial charge in [0.2, 0.25) is 0 Å². The number of hydrogen-bond donors (Lipinski definition) is 0. The Morgan fingerprint density at radius 2 is 0.682 bits per heavy atom. The summed E-state index contributed by atoms with van der Waals surface area (Å²) in [4.78, 5) is 11.6. The molecule has 0 aromatic heterocycles. The van der Waals surface area contributed by atoms with Gasteiger partial charge in [0.25, 0.3) is 0 Å². The fourth-order valence-corrected chi connectivity index (χ4v) is 3.47. The van der Waals surface area contributed by atoms with E-state index in [0.717, 1.165) is 25.3 Å². The Morgan fingerprint density at radius 1 is 0.409 bits per heavy atom. The summed E-state index contributed by atoms with van der Waals surface area (Å²) < 4.78 is 59.8. The van der Waals surface area contributed by atoms with Crippen LogP contribution in [0, 0.1) is 0 Å². The van der Waals surface area contributed by atoms with E-state index in [1.54, 1.807) is 0 Å². The molecule has 12 nitrogen and oxygen atoms in total. The van der Waals surface area contributed by atoms with Gasteiger partial charge in [-0.15, -0.1) is 11.6 Å². The summed E-state index contributed by atoms with van der Waals surface area (Å²) in [7, 11) is 0. The van der Waals surface area contributed by atoms with E-state index in [1.807, 2.05) is 20.8 Å². The third-order valence-electron chi connectivity index (χ3n) is 5.39.